The SMILES string of the molecule is Nc1ccc([N+](=O)[O-])cc1O.[H-].[Na+]. The van der Waals surface area contributed by atoms with Gasteiger partial charge < -0.3 is 12.3 Å². The number of nitrogens with two attached hydrogens (primary N) is 1. The molecule has 3 N–H and O–H groups in total. The van der Waals surface area contributed by atoms with Crippen LogP contribution in [-0.4, -0.2) is 10.0 Å². The van der Waals surface area contributed by atoms with E-state index in [-0.39, 0.29) is 48.1 Å². The maximum absolute atomic E-state index is 10.1. The van der Waals surface area contributed by atoms with Gasteiger partial charge in [0, 0.05) is 6.07 Å². The smallest absolute Gasteiger partial charge is 1.00 e. The van der Waals surface area contributed by atoms with Crippen molar-refractivity contribution < 1.29 is 41.0 Å². The number of nitro benzene ring substituents is 1. The molecule has 1 rings (SSSR count). The van der Waals surface area contributed by atoms with Gasteiger partial charge in [0.25, 0.3) is 5.69 Å². The molecule has 0 amide bonds. The molecule has 0 heterocycles. The number of nitro groups is 1. The third-order valence-electron chi connectivity index (χ3n) is 1.22. The molecule has 0 aliphatic heterocycles. The van der Waals surface area contributed by atoms with Gasteiger partial charge in [-0.2, -0.15) is 0 Å². The molecule has 6 heteroatoms. The van der Waals surface area contributed by atoms with Crippen LogP contribution in [0.4, 0.5) is 11.4 Å². The number of rotatable bonds is 1. The van der Waals surface area contributed by atoms with Crippen LogP contribution in [0.5, 0.6) is 5.75 Å². The second-order valence-corrected chi connectivity index (χ2v) is 2.00. The van der Waals surface area contributed by atoms with Crippen LogP contribution < -0.4 is 35.3 Å². The van der Waals surface area contributed by atoms with Gasteiger partial charge in [-0.1, -0.05) is 0 Å². The Morgan fingerprint density at radius 3 is 2.58 bits per heavy atom. The minimum absolute atomic E-state index is 0. The van der Waals surface area contributed by atoms with Crippen molar-refractivity contribution in [1.82, 2.24) is 0 Å². The molecule has 0 saturated heterocycles. The number of hydrogen-bond acceptors (Lipinski definition) is 4. The van der Waals surface area contributed by atoms with Crippen molar-refractivity contribution in [2.75, 3.05) is 5.73 Å². The predicted molar refractivity (Wildman–Crippen MR) is 40.3 cm³/mol. The van der Waals surface area contributed by atoms with Gasteiger partial charge in [0.15, 0.2) is 0 Å². The number of nitrogens with zero attached hydrogens (tertiary/aromatic N) is 1. The summed E-state index contributed by atoms with van der Waals surface area (Å²) in [5.74, 6) is -0.265. The monoisotopic (exact) mass is 178 g/mol. The van der Waals surface area contributed by atoms with Crippen molar-refractivity contribution in [1.29, 1.82) is 0 Å². The summed E-state index contributed by atoms with van der Waals surface area (Å²) in [5, 5.41) is 19.0. The Balaban J connectivity index is 0. The van der Waals surface area contributed by atoms with Crippen molar-refractivity contribution in [3.05, 3.63) is 28.3 Å². The number of hydrogen-bond donors (Lipinski definition) is 2. The largest absolute Gasteiger partial charge is 1.00 e. The fraction of sp³-hybridized carbons (Fsp3) is 0. The molecular formula is C6H7N2NaO3. The number of non-ortho nitro benzene ring substituents is 1. The third kappa shape index (κ3) is 2.37. The fourth-order valence-electron chi connectivity index (χ4n) is 0.646. The average Bonchev–Trinajstić information content (AvgIpc) is 1.94. The van der Waals surface area contributed by atoms with Gasteiger partial charge in [-0.05, 0) is 6.07 Å². The van der Waals surface area contributed by atoms with E-state index < -0.39 is 4.92 Å². The van der Waals surface area contributed by atoms with Crippen LogP contribution in [0.2, 0.25) is 0 Å². The minimum atomic E-state index is -0.598. The Morgan fingerprint density at radius 2 is 2.17 bits per heavy atom. The average molecular weight is 178 g/mol. The number of aromatic hydroxyl groups is 1. The number of anilines is 1. The second-order valence-electron chi connectivity index (χ2n) is 2.00. The van der Waals surface area contributed by atoms with Crippen molar-refractivity contribution in [2.45, 2.75) is 0 Å². The quantitative estimate of drug-likeness (QED) is 0.171. The molecule has 1 aromatic rings. The minimum Gasteiger partial charge on any atom is -1.00 e. The first-order valence-electron chi connectivity index (χ1n) is 2.84. The first-order valence-corrected chi connectivity index (χ1v) is 2.84. The normalized spacial score (nSPS) is 8.67. The van der Waals surface area contributed by atoms with Gasteiger partial charge in [-0.25, -0.2) is 0 Å². The zero-order chi connectivity index (χ0) is 8.43. The summed E-state index contributed by atoms with van der Waals surface area (Å²) in [6.45, 7) is 0. The van der Waals surface area contributed by atoms with Crippen LogP contribution in [0.3, 0.4) is 0 Å². The molecule has 0 atom stereocenters. The Kier molecular flexibility index (Phi) is 4.02. The van der Waals surface area contributed by atoms with Crippen molar-refractivity contribution in [2.24, 2.45) is 0 Å². The summed E-state index contributed by atoms with van der Waals surface area (Å²) < 4.78 is 0. The van der Waals surface area contributed by atoms with Crippen molar-refractivity contribution in [3.8, 4) is 5.75 Å². The molecule has 0 aromatic heterocycles. The van der Waals surface area contributed by atoms with Gasteiger partial charge in [0.1, 0.15) is 5.75 Å². The molecule has 0 aliphatic carbocycles. The summed E-state index contributed by atoms with van der Waals surface area (Å²) in [6, 6.07) is 3.53. The Labute approximate surface area is 92.1 Å². The number of nitrogen functional groups attached to an aromatic ring is 1. The zero-order valence-corrected chi connectivity index (χ0v) is 8.52. The molecule has 60 valence electrons. The zero-order valence-electron chi connectivity index (χ0n) is 7.52. The molecule has 0 saturated carbocycles. The predicted octanol–water partition coefficient (Wildman–Crippen LogP) is -2.00. The van der Waals surface area contributed by atoms with Crippen LogP contribution in [-0.2, 0) is 0 Å². The van der Waals surface area contributed by atoms with Crippen LogP contribution in [0.25, 0.3) is 0 Å². The van der Waals surface area contributed by atoms with E-state index >= 15 is 0 Å². The molecule has 0 fully saturated rings. The molecule has 1 aromatic carbocycles. The fourth-order valence-corrected chi connectivity index (χ4v) is 0.646. The maximum atomic E-state index is 10.1. The number of phenolic OH excluding ortho intramolecular Hbond substituents is 1. The standard InChI is InChI=1S/C6H6N2O3.Na.H/c7-5-2-1-4(8(10)11)3-6(5)9;;/h1-3,9H,7H2;;/q;+1;-1. The molecule has 0 radical (unpaired) electrons. The van der Waals surface area contributed by atoms with Gasteiger partial charge in [0.2, 0.25) is 0 Å². The van der Waals surface area contributed by atoms with Crippen LogP contribution in [0.1, 0.15) is 1.43 Å². The Morgan fingerprint density at radius 1 is 1.58 bits per heavy atom. The molecule has 0 spiro atoms. The van der Waals surface area contributed by atoms with E-state index in [4.69, 9.17) is 10.8 Å². The summed E-state index contributed by atoms with van der Waals surface area (Å²) in [4.78, 5) is 9.52. The van der Waals surface area contributed by atoms with E-state index in [9.17, 15) is 10.1 Å². The van der Waals surface area contributed by atoms with Gasteiger partial charge in [-0.15, -0.1) is 0 Å². The molecule has 0 aliphatic rings. The summed E-state index contributed by atoms with van der Waals surface area (Å²) in [6.07, 6.45) is 0. The topological polar surface area (TPSA) is 89.4 Å². The molecular weight excluding hydrogens is 171 g/mol. The first-order chi connectivity index (χ1) is 5.11. The van der Waals surface area contributed by atoms with Crippen molar-refractivity contribution >= 4 is 11.4 Å². The first kappa shape index (κ1) is 11.2. The number of benzene rings is 1. The van der Waals surface area contributed by atoms with Gasteiger partial charge >= 0.3 is 29.6 Å². The molecule has 0 unspecified atom stereocenters. The van der Waals surface area contributed by atoms with Gasteiger partial charge in [0.05, 0.1) is 16.7 Å². The van der Waals surface area contributed by atoms with Crippen LogP contribution >= 0.6 is 0 Å². The van der Waals surface area contributed by atoms with E-state index in [1.807, 2.05) is 0 Å². The van der Waals surface area contributed by atoms with Crippen molar-refractivity contribution in [3.63, 3.8) is 0 Å². The number of phenols is 1. The molecule has 5 nitrogen and oxygen atoms in total. The summed E-state index contributed by atoms with van der Waals surface area (Å²) in [5.41, 5.74) is 5.18. The van der Waals surface area contributed by atoms with E-state index in [1.165, 1.54) is 12.1 Å². The van der Waals surface area contributed by atoms with E-state index in [0.29, 0.717) is 0 Å². The van der Waals surface area contributed by atoms with E-state index in [2.05, 4.69) is 0 Å². The summed E-state index contributed by atoms with van der Waals surface area (Å²) in [7, 11) is 0. The summed E-state index contributed by atoms with van der Waals surface area (Å²) >= 11 is 0. The second kappa shape index (κ2) is 4.30. The van der Waals surface area contributed by atoms with E-state index in [0.717, 1.165) is 6.07 Å². The Hall–Kier alpha value is -0.780. The van der Waals surface area contributed by atoms with Crippen LogP contribution in [0.15, 0.2) is 18.2 Å². The third-order valence-corrected chi connectivity index (χ3v) is 1.22. The molecule has 12 heavy (non-hydrogen) atoms. The van der Waals surface area contributed by atoms with Gasteiger partial charge in [-0.3, -0.25) is 10.1 Å². The maximum Gasteiger partial charge on any atom is 1.00 e. The Bertz CT molecular complexity index is 308. The van der Waals surface area contributed by atoms with Crippen LogP contribution in [0, 0.1) is 10.1 Å². The molecule has 0 bridgehead atoms. The van der Waals surface area contributed by atoms with E-state index in [1.54, 1.807) is 0 Å².